The summed E-state index contributed by atoms with van der Waals surface area (Å²) in [6.45, 7) is 0. The van der Waals surface area contributed by atoms with Crippen LogP contribution in [0, 0.1) is 12.3 Å². The minimum absolute atomic E-state index is 0.457. The molecule has 0 atom stereocenters. The maximum absolute atomic E-state index is 13.8. The number of benzene rings is 1. The third kappa shape index (κ3) is 3.76. The van der Waals surface area contributed by atoms with Crippen molar-refractivity contribution in [3.8, 4) is 12.3 Å². The fraction of sp³-hybridized carbons (Fsp3) is 0.375. The molecule has 1 rings (SSSR count). The van der Waals surface area contributed by atoms with Crippen LogP contribution in [0.25, 0.3) is 5.57 Å². The van der Waals surface area contributed by atoms with Crippen LogP contribution in [0.2, 0.25) is 0 Å². The van der Waals surface area contributed by atoms with Crippen LogP contribution in [-0.4, -0.2) is 35.8 Å². The molecule has 1 aromatic rings. The topological polar surface area (TPSA) is 0 Å². The van der Waals surface area contributed by atoms with Crippen molar-refractivity contribution < 1.29 is 57.1 Å². The Morgan fingerprint density at radius 1 is 0.655 bits per heavy atom. The molecule has 0 radical (unpaired) electrons. The van der Waals surface area contributed by atoms with Gasteiger partial charge in [0.15, 0.2) is 0 Å². The Morgan fingerprint density at radius 2 is 1.07 bits per heavy atom. The van der Waals surface area contributed by atoms with E-state index in [1.54, 1.807) is 0 Å². The maximum Gasteiger partial charge on any atom is 0.460 e. The number of hydrogen-bond acceptors (Lipinski definition) is 0. The lowest BCUT2D eigenvalue weighted by atomic mass is 9.92. The number of alkyl halides is 13. The van der Waals surface area contributed by atoms with E-state index < -0.39 is 53.0 Å². The second-order valence-electron chi connectivity index (χ2n) is 5.49. The molecule has 13 heteroatoms. The van der Waals surface area contributed by atoms with E-state index in [-0.39, 0.29) is 0 Å². The van der Waals surface area contributed by atoms with Gasteiger partial charge in [-0.05, 0) is 5.56 Å². The SMILES string of the molecule is C#C/C(=C\C(F)(F)C(F)(F)C(F)(F)C(F)(F)C(F)(F)C(F)(F)F)c1ccccc1. The molecule has 0 saturated carbocycles. The van der Waals surface area contributed by atoms with E-state index in [1.165, 1.54) is 12.0 Å². The van der Waals surface area contributed by atoms with Crippen LogP contribution < -0.4 is 0 Å². The Balaban J connectivity index is 3.58. The Hall–Kier alpha value is -2.39. The van der Waals surface area contributed by atoms with Crippen molar-refractivity contribution in [2.45, 2.75) is 35.8 Å². The van der Waals surface area contributed by atoms with Gasteiger partial charge in [-0.25, -0.2) is 0 Å². The predicted molar refractivity (Wildman–Crippen MR) is 74.0 cm³/mol. The fourth-order valence-corrected chi connectivity index (χ4v) is 1.88. The molecule has 0 aliphatic heterocycles. The highest BCUT2D eigenvalue weighted by atomic mass is 19.4. The van der Waals surface area contributed by atoms with Gasteiger partial charge in [0.2, 0.25) is 0 Å². The Kier molecular flexibility index (Phi) is 6.07. The van der Waals surface area contributed by atoms with Gasteiger partial charge in [0.05, 0.1) is 0 Å². The highest BCUT2D eigenvalue weighted by Gasteiger charge is 2.90. The lowest BCUT2D eigenvalue weighted by molar-refractivity contribution is -0.436. The molecule has 0 N–H and O–H groups in total. The van der Waals surface area contributed by atoms with Crippen molar-refractivity contribution in [2.24, 2.45) is 0 Å². The van der Waals surface area contributed by atoms with Gasteiger partial charge in [0.25, 0.3) is 0 Å². The van der Waals surface area contributed by atoms with E-state index in [0.29, 0.717) is 0 Å². The first-order chi connectivity index (χ1) is 12.8. The van der Waals surface area contributed by atoms with Crippen molar-refractivity contribution in [2.75, 3.05) is 0 Å². The van der Waals surface area contributed by atoms with Crippen LogP contribution >= 0.6 is 0 Å². The number of allylic oxidation sites excluding steroid dienone is 2. The Bertz CT molecular complexity index is 794. The van der Waals surface area contributed by atoms with Crippen LogP contribution in [-0.2, 0) is 0 Å². The van der Waals surface area contributed by atoms with Gasteiger partial charge >= 0.3 is 35.8 Å². The number of rotatable bonds is 6. The Labute approximate surface area is 154 Å². The summed E-state index contributed by atoms with van der Waals surface area (Å²) in [5, 5.41) is 0. The first-order valence-electron chi connectivity index (χ1n) is 6.98. The van der Waals surface area contributed by atoms with E-state index in [9.17, 15) is 57.1 Å². The van der Waals surface area contributed by atoms with Gasteiger partial charge in [-0.15, -0.1) is 6.42 Å². The number of hydrogen-bond donors (Lipinski definition) is 0. The average Bonchev–Trinajstić information content (AvgIpc) is 2.58. The first-order valence-corrected chi connectivity index (χ1v) is 6.98. The summed E-state index contributed by atoms with van der Waals surface area (Å²) in [7, 11) is 0. The van der Waals surface area contributed by atoms with Gasteiger partial charge in [0.1, 0.15) is 0 Å². The van der Waals surface area contributed by atoms with Crippen molar-refractivity contribution in [1.82, 2.24) is 0 Å². The van der Waals surface area contributed by atoms with Gasteiger partial charge in [0, 0.05) is 11.6 Å². The highest BCUT2D eigenvalue weighted by Crippen LogP contribution is 2.60. The molecular weight excluding hydrogens is 439 g/mol. The lowest BCUT2D eigenvalue weighted by Crippen LogP contribution is -2.69. The quantitative estimate of drug-likeness (QED) is 0.349. The zero-order valence-electron chi connectivity index (χ0n) is 13.5. The molecule has 29 heavy (non-hydrogen) atoms. The zero-order chi connectivity index (χ0) is 23.1. The predicted octanol–water partition coefficient (Wildman–Crippen LogP) is 6.44. The molecular formula is C16H7F13. The zero-order valence-corrected chi connectivity index (χ0v) is 13.5. The molecule has 0 aromatic heterocycles. The molecule has 0 nitrogen and oxygen atoms in total. The third-order valence-electron chi connectivity index (χ3n) is 3.52. The summed E-state index contributed by atoms with van der Waals surface area (Å²) in [6, 6.07) is 5.39. The van der Waals surface area contributed by atoms with E-state index >= 15 is 0 Å². The summed E-state index contributed by atoms with van der Waals surface area (Å²) < 4.78 is 169. The van der Waals surface area contributed by atoms with Crippen LogP contribution in [0.4, 0.5) is 57.1 Å². The molecule has 0 spiro atoms. The van der Waals surface area contributed by atoms with Crippen LogP contribution in [0.1, 0.15) is 5.56 Å². The van der Waals surface area contributed by atoms with Crippen LogP contribution in [0.15, 0.2) is 36.4 Å². The molecule has 0 aliphatic rings. The molecule has 162 valence electrons. The summed E-state index contributed by atoms with van der Waals surface area (Å²) in [4.78, 5) is 0. The molecule has 0 aliphatic carbocycles. The molecule has 0 saturated heterocycles. The number of terminal acetylenes is 1. The van der Waals surface area contributed by atoms with Gasteiger partial charge < -0.3 is 0 Å². The first kappa shape index (κ1) is 24.6. The summed E-state index contributed by atoms with van der Waals surface area (Å²) in [5.74, 6) is -35.9. The van der Waals surface area contributed by atoms with Gasteiger partial charge in [-0.3, -0.25) is 0 Å². The summed E-state index contributed by atoms with van der Waals surface area (Å²) in [5.41, 5.74) is -1.70. The normalized spacial score (nSPS) is 15.2. The van der Waals surface area contributed by atoms with Crippen LogP contribution in [0.3, 0.4) is 0 Å². The van der Waals surface area contributed by atoms with Gasteiger partial charge in [-0.1, -0.05) is 36.3 Å². The maximum atomic E-state index is 13.8. The van der Waals surface area contributed by atoms with Crippen molar-refractivity contribution in [3.63, 3.8) is 0 Å². The molecule has 0 unspecified atom stereocenters. The van der Waals surface area contributed by atoms with Crippen molar-refractivity contribution in [1.29, 1.82) is 0 Å². The third-order valence-corrected chi connectivity index (χ3v) is 3.52. The molecule has 0 amide bonds. The summed E-state index contributed by atoms with van der Waals surface area (Å²) >= 11 is 0. The van der Waals surface area contributed by atoms with Crippen molar-refractivity contribution >= 4 is 5.57 Å². The minimum Gasteiger partial charge on any atom is -0.195 e. The monoisotopic (exact) mass is 446 g/mol. The van der Waals surface area contributed by atoms with E-state index in [0.717, 1.165) is 24.3 Å². The van der Waals surface area contributed by atoms with E-state index in [4.69, 9.17) is 6.42 Å². The van der Waals surface area contributed by atoms with E-state index in [2.05, 4.69) is 0 Å². The largest absolute Gasteiger partial charge is 0.460 e. The molecule has 0 bridgehead atoms. The second-order valence-corrected chi connectivity index (χ2v) is 5.49. The minimum atomic E-state index is -7.94. The smallest absolute Gasteiger partial charge is 0.195 e. The van der Waals surface area contributed by atoms with Crippen molar-refractivity contribution in [3.05, 3.63) is 42.0 Å². The highest BCUT2D eigenvalue weighted by molar-refractivity contribution is 5.78. The molecule has 0 heterocycles. The average molecular weight is 446 g/mol. The number of halogens is 13. The van der Waals surface area contributed by atoms with Gasteiger partial charge in [-0.2, -0.15) is 57.1 Å². The standard InChI is InChI=1S/C16H7F13/c1-2-9(10-6-4-3-5-7-10)8-11(17,18)12(19,20)13(21,22)14(23,24)15(25,26)16(27,28)29/h1,3-8H/b9-8+. The van der Waals surface area contributed by atoms with E-state index in [1.807, 2.05) is 0 Å². The fourth-order valence-electron chi connectivity index (χ4n) is 1.88. The second kappa shape index (κ2) is 7.14. The lowest BCUT2D eigenvalue weighted by Gasteiger charge is -2.39. The molecule has 0 fully saturated rings. The summed E-state index contributed by atoms with van der Waals surface area (Å²) in [6.07, 6.45) is -3.77. The Morgan fingerprint density at radius 3 is 1.45 bits per heavy atom. The molecule has 1 aromatic carbocycles. The van der Waals surface area contributed by atoms with Crippen LogP contribution in [0.5, 0.6) is 0 Å².